The molecule has 4 nitrogen and oxygen atoms in total. The highest BCUT2D eigenvalue weighted by Gasteiger charge is 2.02. The molecule has 0 radical (unpaired) electrons. The maximum absolute atomic E-state index is 11.9. The third-order valence-corrected chi connectivity index (χ3v) is 4.25. The second-order valence-electron chi connectivity index (χ2n) is 6.47. The number of hydrogen-bond donors (Lipinski definition) is 1. The minimum atomic E-state index is 0.0182. The fraction of sp³-hybridized carbons (Fsp3) is 0.261. The molecule has 0 aromatic heterocycles. The van der Waals surface area contributed by atoms with Crippen LogP contribution >= 0.6 is 0 Å². The lowest BCUT2D eigenvalue weighted by Gasteiger charge is -2.09. The van der Waals surface area contributed by atoms with Gasteiger partial charge in [-0.05, 0) is 48.4 Å². The molecule has 0 aliphatic carbocycles. The normalized spacial score (nSPS) is 10.6. The number of carbonyl (C=O) groups excluding carboxylic acids is 1. The number of rotatable bonds is 9. The Balaban J connectivity index is 1.29. The zero-order valence-electron chi connectivity index (χ0n) is 15.6. The minimum Gasteiger partial charge on any atom is -0.494 e. The van der Waals surface area contributed by atoms with Gasteiger partial charge in [-0.1, -0.05) is 48.0 Å². The van der Waals surface area contributed by atoms with Gasteiger partial charge in [0.05, 0.1) is 13.2 Å². The topological polar surface area (TPSA) is 47.6 Å². The van der Waals surface area contributed by atoms with Crippen molar-refractivity contribution in [2.45, 2.75) is 19.8 Å². The molecule has 0 aliphatic rings. The number of aryl methyl sites for hydroxylation is 1. The third kappa shape index (κ3) is 6.03. The van der Waals surface area contributed by atoms with E-state index in [1.807, 2.05) is 61.5 Å². The zero-order valence-corrected chi connectivity index (χ0v) is 15.6. The monoisotopic (exact) mass is 363 g/mol. The van der Waals surface area contributed by atoms with Gasteiger partial charge in [0, 0.05) is 6.42 Å². The highest BCUT2D eigenvalue weighted by Crippen LogP contribution is 2.20. The van der Waals surface area contributed by atoms with Crippen LogP contribution in [0.2, 0.25) is 0 Å². The highest BCUT2D eigenvalue weighted by atomic mass is 16.5. The molecule has 0 bridgehead atoms. The molecule has 0 atom stereocenters. The van der Waals surface area contributed by atoms with E-state index in [-0.39, 0.29) is 5.91 Å². The summed E-state index contributed by atoms with van der Waals surface area (Å²) in [6, 6.07) is 22.1. The van der Waals surface area contributed by atoms with E-state index in [2.05, 4.69) is 17.4 Å². The number of fused-ring (bicyclic) bond motifs is 1. The molecule has 1 N–H and O–H groups in total. The molecule has 0 spiro atoms. The van der Waals surface area contributed by atoms with Gasteiger partial charge in [-0.2, -0.15) is 0 Å². The summed E-state index contributed by atoms with van der Waals surface area (Å²) in [7, 11) is 0. The lowest BCUT2D eigenvalue weighted by Crippen LogP contribution is -2.28. The van der Waals surface area contributed by atoms with Crippen molar-refractivity contribution < 1.29 is 14.3 Å². The van der Waals surface area contributed by atoms with Gasteiger partial charge >= 0.3 is 0 Å². The van der Waals surface area contributed by atoms with Crippen LogP contribution in [0.1, 0.15) is 18.4 Å². The van der Waals surface area contributed by atoms with Crippen molar-refractivity contribution in [2.75, 3.05) is 19.8 Å². The van der Waals surface area contributed by atoms with Gasteiger partial charge < -0.3 is 14.8 Å². The van der Waals surface area contributed by atoms with Crippen LogP contribution < -0.4 is 14.8 Å². The first-order valence-electron chi connectivity index (χ1n) is 9.28. The molecule has 0 aliphatic heterocycles. The van der Waals surface area contributed by atoms with E-state index in [1.165, 1.54) is 10.9 Å². The van der Waals surface area contributed by atoms with Crippen LogP contribution in [0.15, 0.2) is 66.7 Å². The van der Waals surface area contributed by atoms with E-state index in [0.29, 0.717) is 32.6 Å². The van der Waals surface area contributed by atoms with Crippen molar-refractivity contribution >= 4 is 16.7 Å². The van der Waals surface area contributed by atoms with Crippen molar-refractivity contribution in [1.29, 1.82) is 0 Å². The average molecular weight is 363 g/mol. The van der Waals surface area contributed by atoms with E-state index in [1.54, 1.807) is 0 Å². The fourth-order valence-electron chi connectivity index (χ4n) is 2.76. The van der Waals surface area contributed by atoms with Gasteiger partial charge in [0.1, 0.15) is 18.1 Å². The molecule has 3 aromatic carbocycles. The van der Waals surface area contributed by atoms with Gasteiger partial charge in [-0.3, -0.25) is 4.79 Å². The molecule has 0 saturated carbocycles. The van der Waals surface area contributed by atoms with Gasteiger partial charge in [0.15, 0.2) is 0 Å². The summed E-state index contributed by atoms with van der Waals surface area (Å²) in [5.41, 5.74) is 1.20. The van der Waals surface area contributed by atoms with E-state index in [0.717, 1.165) is 16.9 Å². The molecule has 0 fully saturated rings. The van der Waals surface area contributed by atoms with Gasteiger partial charge in [0.2, 0.25) is 5.91 Å². The highest BCUT2D eigenvalue weighted by molar-refractivity contribution is 5.83. The number of carbonyl (C=O) groups is 1. The first kappa shape index (κ1) is 18.8. The van der Waals surface area contributed by atoms with Crippen molar-refractivity contribution in [2.24, 2.45) is 0 Å². The molecule has 4 heteroatoms. The van der Waals surface area contributed by atoms with Crippen molar-refractivity contribution in [3.05, 3.63) is 72.3 Å². The van der Waals surface area contributed by atoms with Crippen LogP contribution in [-0.2, 0) is 4.79 Å². The fourth-order valence-corrected chi connectivity index (χ4v) is 2.76. The second-order valence-corrected chi connectivity index (χ2v) is 6.47. The van der Waals surface area contributed by atoms with Crippen LogP contribution in [0, 0.1) is 6.92 Å². The Bertz CT molecular complexity index is 874. The summed E-state index contributed by atoms with van der Waals surface area (Å²) in [6.07, 6.45) is 1.13. The van der Waals surface area contributed by atoms with Crippen molar-refractivity contribution in [3.63, 3.8) is 0 Å². The summed E-state index contributed by atoms with van der Waals surface area (Å²) in [6.45, 7) is 3.51. The second kappa shape index (κ2) is 9.62. The van der Waals surface area contributed by atoms with Gasteiger partial charge in [0.25, 0.3) is 0 Å². The average Bonchev–Trinajstić information content (AvgIpc) is 2.70. The van der Waals surface area contributed by atoms with Crippen LogP contribution in [0.25, 0.3) is 10.8 Å². The molecule has 140 valence electrons. The smallest absolute Gasteiger partial charge is 0.220 e. The van der Waals surface area contributed by atoms with E-state index < -0.39 is 0 Å². The van der Waals surface area contributed by atoms with Crippen molar-refractivity contribution in [3.8, 4) is 11.5 Å². The minimum absolute atomic E-state index is 0.0182. The molecule has 3 aromatic rings. The molecule has 27 heavy (non-hydrogen) atoms. The van der Waals surface area contributed by atoms with Crippen LogP contribution in [-0.4, -0.2) is 25.7 Å². The molecule has 0 unspecified atom stereocenters. The lowest BCUT2D eigenvalue weighted by atomic mass is 10.1. The number of nitrogens with one attached hydrogen (secondary N) is 1. The predicted octanol–water partition coefficient (Wildman–Crippen LogP) is 4.50. The molecular weight excluding hydrogens is 338 g/mol. The maximum atomic E-state index is 11.9. The maximum Gasteiger partial charge on any atom is 0.220 e. The third-order valence-electron chi connectivity index (χ3n) is 4.25. The zero-order chi connectivity index (χ0) is 18.9. The van der Waals surface area contributed by atoms with Gasteiger partial charge in [-0.25, -0.2) is 0 Å². The van der Waals surface area contributed by atoms with E-state index in [9.17, 15) is 4.79 Å². The summed E-state index contributed by atoms with van der Waals surface area (Å²) < 4.78 is 11.3. The summed E-state index contributed by atoms with van der Waals surface area (Å²) in [5, 5.41) is 5.21. The first-order chi connectivity index (χ1) is 13.2. The number of hydrogen-bond acceptors (Lipinski definition) is 3. The van der Waals surface area contributed by atoms with Crippen LogP contribution in [0.5, 0.6) is 11.5 Å². The Morgan fingerprint density at radius 2 is 1.56 bits per heavy atom. The molecule has 0 heterocycles. The SMILES string of the molecule is Cc1ccc(OCCCC(=O)NCCOc2ccc3ccccc3c2)cc1. The number of ether oxygens (including phenoxy) is 2. The molecule has 3 rings (SSSR count). The Morgan fingerprint density at radius 3 is 2.37 bits per heavy atom. The van der Waals surface area contributed by atoms with Gasteiger partial charge in [-0.15, -0.1) is 0 Å². The Labute approximate surface area is 160 Å². The van der Waals surface area contributed by atoms with Crippen molar-refractivity contribution in [1.82, 2.24) is 5.32 Å². The first-order valence-corrected chi connectivity index (χ1v) is 9.28. The number of benzene rings is 3. The van der Waals surface area contributed by atoms with E-state index >= 15 is 0 Å². The molecule has 1 amide bonds. The Morgan fingerprint density at radius 1 is 0.852 bits per heavy atom. The van der Waals surface area contributed by atoms with Crippen LogP contribution in [0.4, 0.5) is 0 Å². The lowest BCUT2D eigenvalue weighted by molar-refractivity contribution is -0.121. The van der Waals surface area contributed by atoms with E-state index in [4.69, 9.17) is 9.47 Å². The van der Waals surface area contributed by atoms with Crippen LogP contribution in [0.3, 0.4) is 0 Å². The predicted molar refractivity (Wildman–Crippen MR) is 108 cm³/mol. The Hall–Kier alpha value is -3.01. The quantitative estimate of drug-likeness (QED) is 0.569. The standard InChI is InChI=1S/C23H25NO3/c1-18-8-11-21(12-9-18)26-15-4-7-23(25)24-14-16-27-22-13-10-19-5-2-3-6-20(19)17-22/h2-3,5-6,8-13,17H,4,7,14-16H2,1H3,(H,24,25). The number of amides is 1. The molecular formula is C23H25NO3. The largest absolute Gasteiger partial charge is 0.494 e. The molecule has 0 saturated heterocycles. The summed E-state index contributed by atoms with van der Waals surface area (Å²) >= 11 is 0. The Kier molecular flexibility index (Phi) is 6.69. The summed E-state index contributed by atoms with van der Waals surface area (Å²) in [5.74, 6) is 1.67. The summed E-state index contributed by atoms with van der Waals surface area (Å²) in [4.78, 5) is 11.9.